The normalized spacial score (nSPS) is 9.76. The Kier molecular flexibility index (Phi) is 4.51. The summed E-state index contributed by atoms with van der Waals surface area (Å²) in [6.07, 6.45) is 0. The van der Waals surface area contributed by atoms with Crippen LogP contribution in [0.5, 0.6) is 0 Å². The van der Waals surface area contributed by atoms with Crippen molar-refractivity contribution in [1.82, 2.24) is 4.90 Å². The Morgan fingerprint density at radius 2 is 1.88 bits per heavy atom. The molecular weight excluding hydrogens is 220 g/mol. The maximum absolute atomic E-state index is 11.8. The van der Waals surface area contributed by atoms with Crippen LogP contribution in [0.4, 0.5) is 5.69 Å². The molecule has 5 nitrogen and oxygen atoms in total. The molecule has 1 amide bonds. The molecule has 0 saturated heterocycles. The second-order valence-electron chi connectivity index (χ2n) is 3.64. The number of anilines is 1. The molecule has 0 spiro atoms. The lowest BCUT2D eigenvalue weighted by Gasteiger charge is -2.14. The van der Waals surface area contributed by atoms with Crippen molar-refractivity contribution in [1.29, 1.82) is 0 Å². The van der Waals surface area contributed by atoms with Crippen LogP contribution in [0.3, 0.4) is 0 Å². The number of carbonyl (C=O) groups excluding carboxylic acids is 1. The number of benzene rings is 1. The number of nitrogens with zero attached hydrogens (tertiary/aromatic N) is 1. The van der Waals surface area contributed by atoms with Gasteiger partial charge in [0.25, 0.3) is 5.91 Å². The number of nitrogens with one attached hydrogen (secondary N) is 1. The molecular formula is C12H16N2O3. The Morgan fingerprint density at radius 3 is 2.35 bits per heavy atom. The molecule has 0 unspecified atom stereocenters. The van der Waals surface area contributed by atoms with Crippen molar-refractivity contribution < 1.29 is 14.7 Å². The van der Waals surface area contributed by atoms with Crippen molar-refractivity contribution in [2.24, 2.45) is 0 Å². The molecule has 0 atom stereocenters. The van der Waals surface area contributed by atoms with E-state index in [1.807, 2.05) is 6.92 Å². The number of carboxylic acid groups (broad SMARTS) is 1. The fraction of sp³-hybridized carbons (Fsp3) is 0.333. The van der Waals surface area contributed by atoms with Gasteiger partial charge in [-0.2, -0.15) is 0 Å². The summed E-state index contributed by atoms with van der Waals surface area (Å²) in [6.45, 7) is 2.42. The van der Waals surface area contributed by atoms with Crippen LogP contribution < -0.4 is 5.32 Å². The maximum atomic E-state index is 11.8. The van der Waals surface area contributed by atoms with Crippen molar-refractivity contribution in [3.05, 3.63) is 29.8 Å². The van der Waals surface area contributed by atoms with Crippen LogP contribution in [-0.2, 0) is 4.79 Å². The zero-order valence-electron chi connectivity index (χ0n) is 9.93. The molecule has 0 aromatic heterocycles. The van der Waals surface area contributed by atoms with Crippen LogP contribution >= 0.6 is 0 Å². The Balaban J connectivity index is 2.67. The van der Waals surface area contributed by atoms with Gasteiger partial charge < -0.3 is 15.3 Å². The van der Waals surface area contributed by atoms with Crippen LogP contribution in [0.15, 0.2) is 24.3 Å². The van der Waals surface area contributed by atoms with E-state index >= 15 is 0 Å². The monoisotopic (exact) mass is 236 g/mol. The lowest BCUT2D eigenvalue weighted by atomic mass is 10.2. The highest BCUT2D eigenvalue weighted by atomic mass is 16.4. The number of amides is 1. The Morgan fingerprint density at radius 1 is 1.29 bits per heavy atom. The van der Waals surface area contributed by atoms with Gasteiger partial charge in [0.15, 0.2) is 0 Å². The number of carbonyl (C=O) groups is 2. The number of rotatable bonds is 5. The molecule has 1 aromatic rings. The second-order valence-corrected chi connectivity index (χ2v) is 3.64. The molecule has 92 valence electrons. The maximum Gasteiger partial charge on any atom is 0.322 e. The molecule has 2 N–H and O–H groups in total. The molecule has 0 aliphatic rings. The summed E-state index contributed by atoms with van der Waals surface area (Å²) in [5.74, 6) is -0.965. The SMILES string of the molecule is CCN(C)C(=O)c1ccc(NCC(=O)O)cc1. The van der Waals surface area contributed by atoms with Gasteiger partial charge in [-0.05, 0) is 31.2 Å². The lowest BCUT2D eigenvalue weighted by molar-refractivity contribution is -0.134. The van der Waals surface area contributed by atoms with Crippen LogP contribution in [-0.4, -0.2) is 42.0 Å². The fourth-order valence-corrected chi connectivity index (χ4v) is 1.27. The van der Waals surface area contributed by atoms with E-state index in [1.165, 1.54) is 0 Å². The largest absolute Gasteiger partial charge is 0.480 e. The Hall–Kier alpha value is -2.04. The highest BCUT2D eigenvalue weighted by Gasteiger charge is 2.09. The van der Waals surface area contributed by atoms with Crippen LogP contribution in [0, 0.1) is 0 Å². The average molecular weight is 236 g/mol. The van der Waals surface area contributed by atoms with Crippen molar-refractivity contribution in [3.63, 3.8) is 0 Å². The van der Waals surface area contributed by atoms with Gasteiger partial charge in [-0.15, -0.1) is 0 Å². The fourth-order valence-electron chi connectivity index (χ4n) is 1.27. The van der Waals surface area contributed by atoms with E-state index in [1.54, 1.807) is 36.2 Å². The third kappa shape index (κ3) is 3.79. The van der Waals surface area contributed by atoms with Gasteiger partial charge in [-0.3, -0.25) is 9.59 Å². The first-order valence-corrected chi connectivity index (χ1v) is 5.35. The first-order valence-electron chi connectivity index (χ1n) is 5.35. The van der Waals surface area contributed by atoms with Crippen molar-refractivity contribution >= 4 is 17.6 Å². The predicted molar refractivity (Wildman–Crippen MR) is 65.2 cm³/mol. The second kappa shape index (κ2) is 5.89. The highest BCUT2D eigenvalue weighted by molar-refractivity contribution is 5.94. The van der Waals surface area contributed by atoms with Crippen LogP contribution in [0.2, 0.25) is 0 Å². The van der Waals surface area contributed by atoms with Gasteiger partial charge in [-0.25, -0.2) is 0 Å². The molecule has 1 rings (SSSR count). The van der Waals surface area contributed by atoms with E-state index in [2.05, 4.69) is 5.32 Å². The van der Waals surface area contributed by atoms with Crippen molar-refractivity contribution in [2.45, 2.75) is 6.92 Å². The van der Waals surface area contributed by atoms with E-state index < -0.39 is 5.97 Å². The lowest BCUT2D eigenvalue weighted by Crippen LogP contribution is -2.26. The molecule has 0 saturated carbocycles. The van der Waals surface area contributed by atoms with E-state index in [0.717, 1.165) is 0 Å². The van der Waals surface area contributed by atoms with Gasteiger partial charge >= 0.3 is 5.97 Å². The summed E-state index contributed by atoms with van der Waals surface area (Å²) in [6, 6.07) is 6.75. The van der Waals surface area contributed by atoms with Crippen molar-refractivity contribution in [3.8, 4) is 0 Å². The Labute approximate surface area is 100 Å². The number of hydrogen-bond acceptors (Lipinski definition) is 3. The van der Waals surface area contributed by atoms with Gasteiger partial charge in [0.05, 0.1) is 0 Å². The van der Waals surface area contributed by atoms with Crippen LogP contribution in [0.25, 0.3) is 0 Å². The molecule has 0 aliphatic heterocycles. The number of aliphatic carboxylic acids is 1. The first-order chi connectivity index (χ1) is 8.04. The molecule has 0 aliphatic carbocycles. The van der Waals surface area contributed by atoms with Gasteiger partial charge in [0, 0.05) is 24.8 Å². The standard InChI is InChI=1S/C12H16N2O3/c1-3-14(2)12(17)9-4-6-10(7-5-9)13-8-11(15)16/h4-7,13H,3,8H2,1-2H3,(H,15,16). The zero-order valence-corrected chi connectivity index (χ0v) is 9.93. The molecule has 1 aromatic carbocycles. The summed E-state index contributed by atoms with van der Waals surface area (Å²) < 4.78 is 0. The van der Waals surface area contributed by atoms with Gasteiger partial charge in [-0.1, -0.05) is 0 Å². The minimum absolute atomic E-state index is 0.0442. The molecule has 17 heavy (non-hydrogen) atoms. The predicted octanol–water partition coefficient (Wildman–Crippen LogP) is 1.28. The highest BCUT2D eigenvalue weighted by Crippen LogP contribution is 2.10. The molecule has 5 heteroatoms. The summed E-state index contributed by atoms with van der Waals surface area (Å²) >= 11 is 0. The molecule has 0 fully saturated rings. The minimum atomic E-state index is -0.920. The van der Waals surface area contributed by atoms with Crippen molar-refractivity contribution in [2.75, 3.05) is 25.5 Å². The quantitative estimate of drug-likeness (QED) is 0.807. The van der Waals surface area contributed by atoms with E-state index in [9.17, 15) is 9.59 Å². The summed E-state index contributed by atoms with van der Waals surface area (Å²) in [7, 11) is 1.74. The average Bonchev–Trinajstić information content (AvgIpc) is 2.35. The number of hydrogen-bond donors (Lipinski definition) is 2. The summed E-state index contributed by atoms with van der Waals surface area (Å²) in [4.78, 5) is 23.7. The molecule has 0 radical (unpaired) electrons. The minimum Gasteiger partial charge on any atom is -0.480 e. The van der Waals surface area contributed by atoms with Gasteiger partial charge in [0.1, 0.15) is 6.54 Å². The zero-order chi connectivity index (χ0) is 12.8. The van der Waals surface area contributed by atoms with E-state index in [-0.39, 0.29) is 12.5 Å². The molecule has 0 bridgehead atoms. The summed E-state index contributed by atoms with van der Waals surface area (Å²) in [5, 5.41) is 11.2. The van der Waals surface area contributed by atoms with Crippen LogP contribution in [0.1, 0.15) is 17.3 Å². The van der Waals surface area contributed by atoms with Gasteiger partial charge in [0.2, 0.25) is 0 Å². The third-order valence-corrected chi connectivity index (χ3v) is 2.40. The Bertz CT molecular complexity index is 401. The summed E-state index contributed by atoms with van der Waals surface area (Å²) in [5.41, 5.74) is 1.28. The smallest absolute Gasteiger partial charge is 0.322 e. The topological polar surface area (TPSA) is 69.6 Å². The third-order valence-electron chi connectivity index (χ3n) is 2.40. The molecule has 0 heterocycles. The van der Waals surface area contributed by atoms with E-state index in [4.69, 9.17) is 5.11 Å². The first kappa shape index (κ1) is 13.0. The number of carboxylic acids is 1. The van der Waals surface area contributed by atoms with E-state index in [0.29, 0.717) is 17.8 Å².